The van der Waals surface area contributed by atoms with Crippen LogP contribution in [0.25, 0.3) is 28.2 Å². The fourth-order valence-electron chi connectivity index (χ4n) is 3.89. The highest BCUT2D eigenvalue weighted by molar-refractivity contribution is 6.01. The number of pyridine rings is 1. The highest BCUT2D eigenvalue weighted by Gasteiger charge is 2.16. The van der Waals surface area contributed by atoms with E-state index in [1.165, 1.54) is 0 Å². The molecule has 0 unspecified atom stereocenters. The molecule has 0 spiro atoms. The number of nitrogens with one attached hydrogen (secondary N) is 3. The SMILES string of the molecule is C=C/C1=C\c2cc(ccc2C)-c2c[nH]c3nc(NC)nc(c23)NCc2cccc(n2)OCCO1. The maximum absolute atomic E-state index is 5.91. The van der Waals surface area contributed by atoms with E-state index in [2.05, 4.69) is 57.3 Å². The highest BCUT2D eigenvalue weighted by Crippen LogP contribution is 2.34. The number of nitrogens with zero attached hydrogens (tertiary/aromatic N) is 3. The van der Waals surface area contributed by atoms with Crippen molar-refractivity contribution < 1.29 is 9.47 Å². The molecule has 0 aliphatic carbocycles. The number of allylic oxidation sites excluding steroid dienone is 1. The molecule has 3 N–H and O–H groups in total. The summed E-state index contributed by atoms with van der Waals surface area (Å²) in [4.78, 5) is 17.2. The van der Waals surface area contributed by atoms with Crippen molar-refractivity contribution in [2.45, 2.75) is 13.5 Å². The molecule has 4 bridgehead atoms. The van der Waals surface area contributed by atoms with E-state index in [9.17, 15) is 0 Å². The molecule has 4 aromatic rings. The van der Waals surface area contributed by atoms with Gasteiger partial charge in [0.15, 0.2) is 0 Å². The van der Waals surface area contributed by atoms with Crippen LogP contribution in [-0.4, -0.2) is 40.2 Å². The summed E-state index contributed by atoms with van der Waals surface area (Å²) >= 11 is 0. The number of hydrogen-bond donors (Lipinski definition) is 3. The first-order valence-corrected chi connectivity index (χ1v) is 11.1. The van der Waals surface area contributed by atoms with E-state index in [1.807, 2.05) is 30.5 Å². The second-order valence-corrected chi connectivity index (χ2v) is 7.91. The first kappa shape index (κ1) is 21.5. The van der Waals surface area contributed by atoms with E-state index in [1.54, 1.807) is 13.1 Å². The van der Waals surface area contributed by atoms with Gasteiger partial charge in [-0.2, -0.15) is 9.97 Å². The molecule has 34 heavy (non-hydrogen) atoms. The lowest BCUT2D eigenvalue weighted by atomic mass is 9.99. The molecule has 1 aromatic carbocycles. The van der Waals surface area contributed by atoms with Gasteiger partial charge in [0.1, 0.15) is 30.4 Å². The van der Waals surface area contributed by atoms with Crippen molar-refractivity contribution in [3.05, 3.63) is 77.8 Å². The smallest absolute Gasteiger partial charge is 0.226 e. The first-order chi connectivity index (χ1) is 16.6. The van der Waals surface area contributed by atoms with E-state index in [0.29, 0.717) is 37.3 Å². The number of rotatable bonds is 2. The minimum atomic E-state index is 0.373. The third-order valence-corrected chi connectivity index (χ3v) is 5.66. The number of aromatic amines is 1. The van der Waals surface area contributed by atoms with Gasteiger partial charge in [0.05, 0.1) is 17.6 Å². The van der Waals surface area contributed by atoms with Gasteiger partial charge < -0.3 is 25.1 Å². The fourth-order valence-corrected chi connectivity index (χ4v) is 3.89. The number of aryl methyl sites for hydroxylation is 1. The Morgan fingerprint density at radius 2 is 1.97 bits per heavy atom. The maximum Gasteiger partial charge on any atom is 0.226 e. The summed E-state index contributed by atoms with van der Waals surface area (Å²) in [6.45, 7) is 7.21. The molecule has 0 fully saturated rings. The van der Waals surface area contributed by atoms with E-state index >= 15 is 0 Å². The standard InChI is InChI=1S/C26H26N6O2/c1-4-20-13-18-12-17(9-8-16(18)2)21-15-29-25-23(21)24(31-26(27-3)32-25)28-14-19-6-5-7-22(30-19)34-11-10-33-20/h4-9,12-13,15H,1,10-11,14H2,2-3H3,(H3,27,28,29,31,32)/b20-13+. The summed E-state index contributed by atoms with van der Waals surface area (Å²) in [5.74, 6) is 2.47. The van der Waals surface area contributed by atoms with Crippen LogP contribution in [0.15, 0.2) is 61.0 Å². The Labute approximate surface area is 197 Å². The largest absolute Gasteiger partial charge is 0.490 e. The van der Waals surface area contributed by atoms with Gasteiger partial charge >= 0.3 is 0 Å². The predicted molar refractivity (Wildman–Crippen MR) is 135 cm³/mol. The van der Waals surface area contributed by atoms with Gasteiger partial charge in [0.2, 0.25) is 11.8 Å². The lowest BCUT2D eigenvalue weighted by Gasteiger charge is -2.11. The molecule has 0 atom stereocenters. The van der Waals surface area contributed by atoms with Gasteiger partial charge in [0, 0.05) is 24.9 Å². The third-order valence-electron chi connectivity index (χ3n) is 5.66. The molecule has 1 aliphatic rings. The van der Waals surface area contributed by atoms with Gasteiger partial charge in [-0.3, -0.25) is 0 Å². The van der Waals surface area contributed by atoms with Crippen LogP contribution in [0.4, 0.5) is 11.8 Å². The van der Waals surface area contributed by atoms with Crippen molar-refractivity contribution in [2.75, 3.05) is 30.9 Å². The summed E-state index contributed by atoms with van der Waals surface area (Å²) in [6.07, 6.45) is 5.67. The van der Waals surface area contributed by atoms with Crippen LogP contribution in [0.2, 0.25) is 0 Å². The summed E-state index contributed by atoms with van der Waals surface area (Å²) < 4.78 is 11.7. The van der Waals surface area contributed by atoms with Crippen LogP contribution in [0.3, 0.4) is 0 Å². The lowest BCUT2D eigenvalue weighted by Crippen LogP contribution is -2.09. The van der Waals surface area contributed by atoms with Gasteiger partial charge in [-0.15, -0.1) is 0 Å². The van der Waals surface area contributed by atoms with Crippen LogP contribution >= 0.6 is 0 Å². The molecule has 0 saturated heterocycles. The van der Waals surface area contributed by atoms with Crippen molar-refractivity contribution in [2.24, 2.45) is 0 Å². The molecular formula is C26H26N6O2. The number of H-pyrrole nitrogens is 1. The zero-order valence-electron chi connectivity index (χ0n) is 19.2. The van der Waals surface area contributed by atoms with Crippen LogP contribution in [0.1, 0.15) is 16.8 Å². The van der Waals surface area contributed by atoms with Crippen molar-refractivity contribution in [3.8, 4) is 17.0 Å². The van der Waals surface area contributed by atoms with Gasteiger partial charge in [0.25, 0.3) is 0 Å². The summed E-state index contributed by atoms with van der Waals surface area (Å²) in [7, 11) is 1.80. The monoisotopic (exact) mass is 454 g/mol. The molecule has 8 nitrogen and oxygen atoms in total. The number of anilines is 2. The second kappa shape index (κ2) is 9.27. The molecule has 8 heteroatoms. The topological polar surface area (TPSA) is 97.0 Å². The number of aromatic nitrogens is 4. The number of fused-ring (bicyclic) bond motifs is 5. The van der Waals surface area contributed by atoms with Gasteiger partial charge in [-0.1, -0.05) is 24.8 Å². The van der Waals surface area contributed by atoms with Crippen LogP contribution in [0.5, 0.6) is 5.88 Å². The van der Waals surface area contributed by atoms with Crippen molar-refractivity contribution in [1.29, 1.82) is 0 Å². The molecule has 3 aromatic heterocycles. The van der Waals surface area contributed by atoms with Crippen molar-refractivity contribution >= 4 is 28.9 Å². The Balaban J connectivity index is 1.68. The molecular weight excluding hydrogens is 428 g/mol. The minimum Gasteiger partial charge on any atom is -0.490 e. The molecule has 4 heterocycles. The number of benzene rings is 1. The first-order valence-electron chi connectivity index (χ1n) is 11.1. The summed E-state index contributed by atoms with van der Waals surface area (Å²) in [5.41, 5.74) is 5.80. The third kappa shape index (κ3) is 4.30. The van der Waals surface area contributed by atoms with Gasteiger partial charge in [-0.05, 0) is 47.9 Å². The zero-order valence-corrected chi connectivity index (χ0v) is 19.2. The Kier molecular flexibility index (Phi) is 5.86. The zero-order chi connectivity index (χ0) is 23.5. The predicted octanol–water partition coefficient (Wildman–Crippen LogP) is 4.92. The Hall–Kier alpha value is -4.33. The normalized spacial score (nSPS) is 15.2. The average Bonchev–Trinajstić information content (AvgIpc) is 3.29. The number of ether oxygens (including phenoxy) is 2. The molecule has 0 radical (unpaired) electrons. The summed E-state index contributed by atoms with van der Waals surface area (Å²) in [6, 6.07) is 12.1. The quantitative estimate of drug-likeness (QED) is 0.396. The molecule has 0 saturated carbocycles. The Morgan fingerprint density at radius 3 is 2.82 bits per heavy atom. The van der Waals surface area contributed by atoms with E-state index in [0.717, 1.165) is 44.8 Å². The second-order valence-electron chi connectivity index (χ2n) is 7.91. The van der Waals surface area contributed by atoms with Gasteiger partial charge in [-0.25, -0.2) is 4.98 Å². The number of hydrogen-bond acceptors (Lipinski definition) is 7. The summed E-state index contributed by atoms with van der Waals surface area (Å²) in [5, 5.41) is 7.39. The van der Waals surface area contributed by atoms with Crippen LogP contribution < -0.4 is 15.4 Å². The molecule has 1 aliphatic heterocycles. The fraction of sp³-hybridized carbons (Fsp3) is 0.192. The minimum absolute atomic E-state index is 0.373. The average molecular weight is 455 g/mol. The maximum atomic E-state index is 5.91. The van der Waals surface area contributed by atoms with E-state index in [4.69, 9.17) is 14.5 Å². The van der Waals surface area contributed by atoms with Crippen molar-refractivity contribution in [3.63, 3.8) is 0 Å². The molecule has 0 amide bonds. The van der Waals surface area contributed by atoms with Crippen LogP contribution in [-0.2, 0) is 11.3 Å². The van der Waals surface area contributed by atoms with Crippen LogP contribution in [0, 0.1) is 6.92 Å². The van der Waals surface area contributed by atoms with E-state index < -0.39 is 0 Å². The Bertz CT molecular complexity index is 1390. The van der Waals surface area contributed by atoms with Crippen molar-refractivity contribution in [1.82, 2.24) is 19.9 Å². The highest BCUT2D eigenvalue weighted by atomic mass is 16.5. The Morgan fingerprint density at radius 1 is 1.09 bits per heavy atom. The molecule has 172 valence electrons. The lowest BCUT2D eigenvalue weighted by molar-refractivity contribution is 0.162. The molecule has 5 rings (SSSR count). The van der Waals surface area contributed by atoms with E-state index in [-0.39, 0.29) is 0 Å².